The molecule has 284 valence electrons. The lowest BCUT2D eigenvalue weighted by atomic mass is 9.94. The maximum atomic E-state index is 13.0. The van der Waals surface area contributed by atoms with Gasteiger partial charge in [0.05, 0.1) is 30.3 Å². The number of amides is 3. The molecule has 1 saturated carbocycles. The van der Waals surface area contributed by atoms with Crippen molar-refractivity contribution in [3.05, 3.63) is 78.4 Å². The van der Waals surface area contributed by atoms with E-state index in [2.05, 4.69) is 25.7 Å². The first-order valence-corrected chi connectivity index (χ1v) is 18.9. The number of benzene rings is 2. The van der Waals surface area contributed by atoms with Crippen LogP contribution in [0.15, 0.2) is 72.8 Å². The molecule has 1 aliphatic carbocycles. The topological polar surface area (TPSA) is 234 Å². The Labute approximate surface area is 309 Å². The van der Waals surface area contributed by atoms with E-state index >= 15 is 0 Å². The van der Waals surface area contributed by atoms with Crippen LogP contribution in [-0.2, 0) is 14.4 Å². The Kier molecular flexibility index (Phi) is 14.1. The number of rotatable bonds is 7. The molecule has 2 saturated heterocycles. The number of phenols is 1. The second-order valence-electron chi connectivity index (χ2n) is 12.9. The minimum absolute atomic E-state index is 0.0106. The van der Waals surface area contributed by atoms with Crippen molar-refractivity contribution in [2.45, 2.75) is 57.4 Å². The summed E-state index contributed by atoms with van der Waals surface area (Å²) in [6.07, 6.45) is 12.4. The van der Waals surface area contributed by atoms with E-state index in [1.165, 1.54) is 36.1 Å². The van der Waals surface area contributed by atoms with Crippen molar-refractivity contribution in [1.29, 1.82) is 0 Å². The summed E-state index contributed by atoms with van der Waals surface area (Å²) in [6.45, 7) is 3.42. The summed E-state index contributed by atoms with van der Waals surface area (Å²) < 4.78 is 6.77. The molecule has 7 rings (SSSR count). The molecule has 53 heavy (non-hydrogen) atoms. The molecular formula is C36H48N9O7P. The van der Waals surface area contributed by atoms with Crippen LogP contribution in [0.2, 0.25) is 0 Å². The number of nitrogens with two attached hydrogens (primary N) is 2. The third-order valence-corrected chi connectivity index (χ3v) is 9.56. The molecule has 0 spiro atoms. The number of nitrogens with zero attached hydrogens (tertiary/aromatic N) is 4. The van der Waals surface area contributed by atoms with E-state index in [1.54, 1.807) is 35.5 Å². The number of hydrogen-bond acceptors (Lipinski definition) is 13. The fraction of sp³-hybridized carbons (Fsp3) is 0.389. The van der Waals surface area contributed by atoms with E-state index in [1.807, 2.05) is 24.3 Å². The lowest BCUT2D eigenvalue weighted by molar-refractivity contribution is -0.133. The first-order valence-electron chi connectivity index (χ1n) is 17.7. The average molecular weight is 750 g/mol. The molecule has 0 atom stereocenters. The highest BCUT2D eigenvalue weighted by Gasteiger charge is 2.31. The highest BCUT2D eigenvalue weighted by molar-refractivity contribution is 7.42. The molecule has 3 amide bonds. The van der Waals surface area contributed by atoms with E-state index in [4.69, 9.17) is 16.2 Å². The summed E-state index contributed by atoms with van der Waals surface area (Å²) in [5.41, 5.74) is 14.8. The molecule has 0 radical (unpaired) electrons. The van der Waals surface area contributed by atoms with Crippen molar-refractivity contribution in [3.63, 3.8) is 0 Å². The Bertz CT molecular complexity index is 1750. The number of piperazine rings is 1. The summed E-state index contributed by atoms with van der Waals surface area (Å²) in [7, 11) is -2.54. The zero-order chi connectivity index (χ0) is 37.7. The average Bonchev–Trinajstić information content (AvgIpc) is 3.64. The zero-order valence-corrected chi connectivity index (χ0v) is 30.4. The van der Waals surface area contributed by atoms with E-state index in [0.717, 1.165) is 44.0 Å². The van der Waals surface area contributed by atoms with Crippen LogP contribution in [-0.4, -0.2) is 86.1 Å². The quantitative estimate of drug-likeness (QED) is 0.0988. The molecule has 0 unspecified atom stereocenters. The highest BCUT2D eigenvalue weighted by atomic mass is 31.2. The Morgan fingerprint density at radius 3 is 2.34 bits per heavy atom. The number of carbonyl (C=O) groups is 3. The predicted molar refractivity (Wildman–Crippen MR) is 203 cm³/mol. The fourth-order valence-electron chi connectivity index (χ4n) is 6.46. The maximum absolute atomic E-state index is 13.0. The van der Waals surface area contributed by atoms with Crippen molar-refractivity contribution >= 4 is 49.0 Å². The number of anilines is 2. The van der Waals surface area contributed by atoms with Crippen molar-refractivity contribution in [1.82, 2.24) is 25.1 Å². The summed E-state index contributed by atoms with van der Waals surface area (Å²) >= 11 is 0. The van der Waals surface area contributed by atoms with Crippen molar-refractivity contribution in [3.8, 4) is 11.5 Å². The number of aromatic nitrogens is 2. The van der Waals surface area contributed by atoms with Gasteiger partial charge in [0.25, 0.3) is 8.53 Å². The highest BCUT2D eigenvalue weighted by Crippen LogP contribution is 2.29. The van der Waals surface area contributed by atoms with Crippen LogP contribution >= 0.6 is 8.53 Å². The standard InChI is InChI=1S/C23H32N7O4P.C8H9NO.C5H7NO2/c24-19(18-8-4-5-9-21(18)31)12-20(23(25)27-35(33)34)30-14-17(13-26-30)29-11-10-28(15-22(29)32)16-6-2-1-3-7-16;1-2-4-8-7(3-1)9-5-6-10-8;7-4-2-1-3-5(8)6-4/h4-5,8-9,12-14,16,27,31,33-34H,1-3,6-7,10-11,15,24-25H2;1-4,9H,5-6H2;1-3H2,(H,6,7,8)/b19-12-,23-20-;;. The number of allylic oxidation sites excluding steroid dienone is 2. The van der Waals surface area contributed by atoms with Gasteiger partial charge in [-0.2, -0.15) is 5.10 Å². The van der Waals surface area contributed by atoms with Gasteiger partial charge in [-0.25, -0.2) is 4.68 Å². The minimum atomic E-state index is -2.54. The first kappa shape index (κ1) is 39.1. The molecule has 3 aromatic rings. The molecule has 0 bridgehead atoms. The number of para-hydroxylation sites is 3. The fourth-order valence-corrected chi connectivity index (χ4v) is 6.79. The Balaban J connectivity index is 0.000000242. The van der Waals surface area contributed by atoms with Crippen LogP contribution in [0.25, 0.3) is 11.4 Å². The molecule has 4 aliphatic rings. The number of hydrogen-bond donors (Lipinski definition) is 8. The molecule has 16 nitrogen and oxygen atoms in total. The zero-order valence-electron chi connectivity index (χ0n) is 29.5. The van der Waals surface area contributed by atoms with Gasteiger partial charge in [0.1, 0.15) is 29.6 Å². The lowest BCUT2D eigenvalue weighted by Gasteiger charge is -2.39. The van der Waals surface area contributed by atoms with Gasteiger partial charge in [0.2, 0.25) is 17.7 Å². The predicted octanol–water partition coefficient (Wildman–Crippen LogP) is 2.76. The van der Waals surface area contributed by atoms with Crippen LogP contribution < -0.4 is 36.8 Å². The van der Waals surface area contributed by atoms with Crippen LogP contribution in [0.1, 0.15) is 56.9 Å². The van der Waals surface area contributed by atoms with Crippen LogP contribution in [0.3, 0.4) is 0 Å². The van der Waals surface area contributed by atoms with E-state index in [9.17, 15) is 29.3 Å². The minimum Gasteiger partial charge on any atom is -0.507 e. The lowest BCUT2D eigenvalue weighted by Crippen LogP contribution is -2.54. The van der Waals surface area contributed by atoms with E-state index < -0.39 is 8.53 Å². The molecule has 3 fully saturated rings. The van der Waals surface area contributed by atoms with Crippen LogP contribution in [0.5, 0.6) is 11.5 Å². The van der Waals surface area contributed by atoms with Crippen LogP contribution in [0.4, 0.5) is 11.4 Å². The molecule has 1 aromatic heterocycles. The van der Waals surface area contributed by atoms with Gasteiger partial charge in [0, 0.05) is 49.8 Å². The van der Waals surface area contributed by atoms with Gasteiger partial charge in [-0.15, -0.1) is 0 Å². The summed E-state index contributed by atoms with van der Waals surface area (Å²) in [4.78, 5) is 56.5. The Morgan fingerprint density at radius 1 is 0.962 bits per heavy atom. The number of aromatic hydroxyl groups is 1. The SMILES string of the molecule is N/C(=C\C(=C(/N)NP(O)O)n1cc(N2CCN(C3CCCCC3)CC2=O)cn1)c1ccccc1O.O=C1CCCC(=O)N1.c1ccc2c(c1)NCCO2. The van der Waals surface area contributed by atoms with E-state index in [0.29, 0.717) is 49.6 Å². The number of fused-ring (bicyclic) bond motifs is 1. The summed E-state index contributed by atoms with van der Waals surface area (Å²) in [5, 5.41) is 22.3. The van der Waals surface area contributed by atoms with Gasteiger partial charge in [-0.05, 0) is 49.6 Å². The molecular weight excluding hydrogens is 701 g/mol. The normalized spacial score (nSPS) is 18.6. The summed E-state index contributed by atoms with van der Waals surface area (Å²) in [6, 6.07) is 15.0. The summed E-state index contributed by atoms with van der Waals surface area (Å²) in [5.74, 6) is 0.608. The molecule has 4 heterocycles. The second kappa shape index (κ2) is 19.1. The molecule has 3 aliphatic heterocycles. The van der Waals surface area contributed by atoms with Gasteiger partial charge < -0.3 is 46.4 Å². The monoisotopic (exact) mass is 749 g/mol. The Hall–Kier alpha value is -5.15. The first-order chi connectivity index (χ1) is 25.6. The van der Waals surface area contributed by atoms with Crippen molar-refractivity contribution in [2.75, 3.05) is 43.0 Å². The van der Waals surface area contributed by atoms with Gasteiger partial charge in [-0.3, -0.25) is 24.6 Å². The molecule has 10 N–H and O–H groups in total. The van der Waals surface area contributed by atoms with Gasteiger partial charge in [0.15, 0.2) is 0 Å². The number of ether oxygens (including phenoxy) is 1. The second-order valence-corrected chi connectivity index (χ2v) is 13.7. The van der Waals surface area contributed by atoms with Gasteiger partial charge in [-0.1, -0.05) is 43.5 Å². The van der Waals surface area contributed by atoms with Gasteiger partial charge >= 0.3 is 0 Å². The third kappa shape index (κ3) is 11.2. The molecule has 2 aromatic carbocycles. The smallest absolute Gasteiger partial charge is 0.282 e. The van der Waals surface area contributed by atoms with Crippen molar-refractivity contribution in [2.24, 2.45) is 11.5 Å². The number of carbonyl (C=O) groups excluding carboxylic acids is 3. The number of phenolic OH excluding ortho intramolecular Hbond substituents is 1. The van der Waals surface area contributed by atoms with Crippen molar-refractivity contribution < 1.29 is 34.0 Å². The largest absolute Gasteiger partial charge is 0.507 e. The molecule has 17 heteroatoms. The third-order valence-electron chi connectivity index (χ3n) is 9.12. The number of imide groups is 1. The Morgan fingerprint density at radius 2 is 1.68 bits per heavy atom. The maximum Gasteiger partial charge on any atom is 0.282 e. The van der Waals surface area contributed by atoms with E-state index in [-0.39, 0.29) is 40.7 Å². The number of piperidine rings is 1. The number of nitrogens with one attached hydrogen (secondary N) is 3. The van der Waals surface area contributed by atoms with Crippen LogP contribution in [0, 0.1) is 0 Å².